The zero-order valence-corrected chi connectivity index (χ0v) is 15.3. The number of amidine groups is 1. The second-order valence-corrected chi connectivity index (χ2v) is 7.25. The van der Waals surface area contributed by atoms with E-state index in [1.165, 1.54) is 14.0 Å². The van der Waals surface area contributed by atoms with Crippen molar-refractivity contribution in [2.45, 2.75) is 12.8 Å². The first-order valence-electron chi connectivity index (χ1n) is 9.04. The summed E-state index contributed by atoms with van der Waals surface area (Å²) >= 11 is 8.88. The summed E-state index contributed by atoms with van der Waals surface area (Å²) in [6, 6.07) is 11.6. The fourth-order valence-corrected chi connectivity index (χ4v) is 4.28. The Morgan fingerprint density at radius 2 is 2.04 bits per heavy atom. The molecule has 0 amide bonds. The second kappa shape index (κ2) is 5.98. The normalized spacial score (nSPS) is 19.2. The third-order valence-electron chi connectivity index (χ3n) is 4.32. The van der Waals surface area contributed by atoms with Gasteiger partial charge in [-0.05, 0) is 65.3 Å². The number of anilines is 2. The minimum absolute atomic E-state index is 0.0922. The Morgan fingerprint density at radius 1 is 1.22 bits per heavy atom. The molecule has 0 saturated carbocycles. The molecular weight excluding hydrogens is 421 g/mol. The van der Waals surface area contributed by atoms with Gasteiger partial charge >= 0.3 is 0 Å². The molecule has 0 N–H and O–H groups in total. The summed E-state index contributed by atoms with van der Waals surface area (Å²) in [7, 11) is 0. The quantitative estimate of drug-likeness (QED) is 0.560. The first-order chi connectivity index (χ1) is 12.4. The van der Waals surface area contributed by atoms with Crippen molar-refractivity contribution in [2.75, 3.05) is 30.0 Å². The lowest BCUT2D eigenvalue weighted by Gasteiger charge is -2.37. The Hall–Kier alpha value is -1.27. The van der Waals surface area contributed by atoms with Crippen molar-refractivity contribution in [1.82, 2.24) is 0 Å². The minimum atomic E-state index is -2.26. The summed E-state index contributed by atoms with van der Waals surface area (Å²) in [5.41, 5.74) is 3.76. The molecule has 2 aliphatic rings. The highest BCUT2D eigenvalue weighted by molar-refractivity contribution is 14.1. The monoisotopic (exact) mass is 440 g/mol. The van der Waals surface area contributed by atoms with Gasteiger partial charge in [-0.2, -0.15) is 0 Å². The Kier molecular flexibility index (Phi) is 3.16. The molecule has 0 bridgehead atoms. The summed E-state index contributed by atoms with van der Waals surface area (Å²) in [6.07, 6.45) is 2.06. The van der Waals surface area contributed by atoms with Gasteiger partial charge in [0.1, 0.15) is 12.5 Å². The summed E-state index contributed by atoms with van der Waals surface area (Å²) in [5.74, 6) is 0.758. The van der Waals surface area contributed by atoms with E-state index in [0.717, 1.165) is 30.9 Å². The van der Waals surface area contributed by atoms with Gasteiger partial charge in [0, 0.05) is 26.9 Å². The van der Waals surface area contributed by atoms with Gasteiger partial charge in [0.15, 0.2) is 0 Å². The number of nitrogens with zero attached hydrogens (tertiary/aromatic N) is 3. The second-order valence-electron chi connectivity index (χ2n) is 5.68. The number of fused-ring (bicyclic) bond motifs is 2. The van der Waals surface area contributed by atoms with E-state index in [-0.39, 0.29) is 6.67 Å². The molecule has 0 aromatic heterocycles. The maximum atomic E-state index is 7.82. The molecule has 118 valence electrons. The van der Waals surface area contributed by atoms with Gasteiger partial charge in [0.2, 0.25) is 0 Å². The van der Waals surface area contributed by atoms with Crippen molar-refractivity contribution in [3.63, 3.8) is 0 Å². The molecule has 2 aromatic rings. The lowest BCUT2D eigenvalue weighted by atomic mass is 9.99. The molecular formula is C18H17ClIN3. The van der Waals surface area contributed by atoms with E-state index in [1.807, 2.05) is 12.1 Å². The predicted octanol–water partition coefficient (Wildman–Crippen LogP) is 4.55. The Bertz CT molecular complexity index is 898. The fourth-order valence-electron chi connectivity index (χ4n) is 3.27. The lowest BCUT2D eigenvalue weighted by Crippen LogP contribution is -2.40. The zero-order chi connectivity index (χ0) is 18.5. The van der Waals surface area contributed by atoms with Crippen LogP contribution in [0.2, 0.25) is 5.02 Å². The molecule has 0 spiro atoms. The van der Waals surface area contributed by atoms with Crippen molar-refractivity contribution in [3.05, 3.63) is 56.1 Å². The third kappa shape index (κ3) is 2.52. The maximum absolute atomic E-state index is 7.82. The first kappa shape index (κ1) is 12.1. The molecule has 5 heteroatoms. The molecule has 2 heterocycles. The molecule has 2 aliphatic heterocycles. The van der Waals surface area contributed by atoms with E-state index in [0.29, 0.717) is 16.3 Å². The molecule has 23 heavy (non-hydrogen) atoms. The van der Waals surface area contributed by atoms with Gasteiger partial charge in [-0.25, -0.2) is 4.99 Å². The van der Waals surface area contributed by atoms with E-state index < -0.39 is 6.98 Å². The molecule has 0 radical (unpaired) electrons. The maximum Gasteiger partial charge on any atom is 0.140 e. The third-order valence-corrected chi connectivity index (χ3v) is 5.64. The van der Waals surface area contributed by atoms with Gasteiger partial charge < -0.3 is 9.80 Å². The molecule has 0 fully saturated rings. The number of hydrogen-bond donors (Lipinski definition) is 0. The first-order valence-corrected chi connectivity index (χ1v) is 8.99. The molecule has 2 aromatic carbocycles. The average Bonchev–Trinajstić information content (AvgIpc) is 2.60. The van der Waals surface area contributed by atoms with Gasteiger partial charge in [0.25, 0.3) is 0 Å². The fraction of sp³-hybridized carbons (Fsp3) is 0.278. The largest absolute Gasteiger partial charge is 0.355 e. The lowest BCUT2D eigenvalue weighted by molar-refractivity contribution is 0.768. The van der Waals surface area contributed by atoms with E-state index in [4.69, 9.17) is 15.7 Å². The van der Waals surface area contributed by atoms with E-state index >= 15 is 0 Å². The van der Waals surface area contributed by atoms with Crippen LogP contribution in [-0.2, 0) is 6.42 Å². The predicted molar refractivity (Wildman–Crippen MR) is 106 cm³/mol. The SMILES string of the molecule is [2H]C([2H])([2H])N1CN=C(N2CCCc3c(I)cccc32)c2c(Cl)cccc21. The molecule has 0 saturated heterocycles. The van der Waals surface area contributed by atoms with Crippen molar-refractivity contribution >= 4 is 51.4 Å². The molecule has 0 atom stereocenters. The van der Waals surface area contributed by atoms with Crippen LogP contribution in [0.4, 0.5) is 11.4 Å². The highest BCUT2D eigenvalue weighted by Crippen LogP contribution is 2.36. The van der Waals surface area contributed by atoms with E-state index in [2.05, 4.69) is 44.6 Å². The van der Waals surface area contributed by atoms with Crippen molar-refractivity contribution in [2.24, 2.45) is 4.99 Å². The van der Waals surface area contributed by atoms with Crippen LogP contribution < -0.4 is 9.80 Å². The molecule has 0 unspecified atom stereocenters. The summed E-state index contributed by atoms with van der Waals surface area (Å²) in [6.45, 7) is -1.33. The number of aliphatic imine (C=N–C) groups is 1. The van der Waals surface area contributed by atoms with Crippen LogP contribution in [0.5, 0.6) is 0 Å². The number of hydrogen-bond acceptors (Lipinski definition) is 3. The van der Waals surface area contributed by atoms with Gasteiger partial charge in [-0.15, -0.1) is 0 Å². The van der Waals surface area contributed by atoms with Crippen LogP contribution in [0.3, 0.4) is 0 Å². The highest BCUT2D eigenvalue weighted by Gasteiger charge is 2.29. The van der Waals surface area contributed by atoms with Gasteiger partial charge in [-0.1, -0.05) is 23.7 Å². The van der Waals surface area contributed by atoms with Crippen LogP contribution in [0.25, 0.3) is 0 Å². The van der Waals surface area contributed by atoms with Gasteiger partial charge in [0.05, 0.1) is 16.3 Å². The molecule has 4 rings (SSSR count). The van der Waals surface area contributed by atoms with E-state index in [9.17, 15) is 0 Å². The van der Waals surface area contributed by atoms with Crippen LogP contribution in [0.1, 0.15) is 21.7 Å². The summed E-state index contributed by atoms with van der Waals surface area (Å²) < 4.78 is 24.7. The van der Waals surface area contributed by atoms with Crippen molar-refractivity contribution in [1.29, 1.82) is 0 Å². The number of halogens is 2. The Labute approximate surface area is 159 Å². The minimum Gasteiger partial charge on any atom is -0.355 e. The van der Waals surface area contributed by atoms with Crippen LogP contribution in [-0.4, -0.2) is 26.0 Å². The van der Waals surface area contributed by atoms with Crippen molar-refractivity contribution < 1.29 is 4.11 Å². The summed E-state index contributed by atoms with van der Waals surface area (Å²) in [4.78, 5) is 8.17. The summed E-state index contributed by atoms with van der Waals surface area (Å²) in [5, 5.41) is 0.521. The number of benzene rings is 2. The molecule has 0 aliphatic carbocycles. The molecule has 3 nitrogen and oxygen atoms in total. The Morgan fingerprint density at radius 3 is 2.91 bits per heavy atom. The highest BCUT2D eigenvalue weighted by atomic mass is 127. The number of rotatable bonds is 0. The Balaban J connectivity index is 1.86. The van der Waals surface area contributed by atoms with Gasteiger partial charge in [-0.3, -0.25) is 0 Å². The standard InChI is InChI=1S/C18H17ClIN3/c1-22-11-21-18(17-13(19)6-2-9-16(17)22)23-10-4-5-12-14(20)7-3-8-15(12)23/h2-3,6-9H,4-5,10-11H2,1H3/i1D3. The zero-order valence-electron chi connectivity index (χ0n) is 15.4. The van der Waals surface area contributed by atoms with E-state index in [1.54, 1.807) is 12.1 Å². The van der Waals surface area contributed by atoms with Crippen LogP contribution >= 0.6 is 34.2 Å². The van der Waals surface area contributed by atoms with Crippen molar-refractivity contribution in [3.8, 4) is 0 Å². The topological polar surface area (TPSA) is 18.8 Å². The smallest absolute Gasteiger partial charge is 0.140 e. The van der Waals surface area contributed by atoms with Crippen LogP contribution in [0, 0.1) is 3.57 Å². The average molecular weight is 441 g/mol. The van der Waals surface area contributed by atoms with Crippen LogP contribution in [0.15, 0.2) is 41.4 Å².